The second kappa shape index (κ2) is 4.97. The van der Waals surface area contributed by atoms with E-state index in [-0.39, 0.29) is 12.0 Å². The minimum Gasteiger partial charge on any atom is -0.391 e. The van der Waals surface area contributed by atoms with Crippen LogP contribution in [-0.4, -0.2) is 28.7 Å². The lowest BCUT2D eigenvalue weighted by Crippen LogP contribution is -2.30. The van der Waals surface area contributed by atoms with Gasteiger partial charge in [-0.15, -0.1) is 0 Å². The second-order valence-electron chi connectivity index (χ2n) is 5.04. The molecule has 0 amide bonds. The maximum absolute atomic E-state index is 9.26. The topological polar surface area (TPSA) is 49.2 Å². The van der Waals surface area contributed by atoms with Crippen LogP contribution in [0.4, 0.5) is 5.82 Å². The molecular weight excluding hydrogens is 226 g/mol. The fraction of sp³-hybridized carbons (Fsp3) is 0.636. The van der Waals surface area contributed by atoms with Crippen molar-refractivity contribution in [3.8, 4) is 0 Å². The standard InChI is InChI=1S/C11H18ClN3O/c1-11(2,3)6-15(4)10-8(5-16)9(12)13-7-14-10/h7,16H,5-6H2,1-4H3. The van der Waals surface area contributed by atoms with Gasteiger partial charge in [-0.2, -0.15) is 0 Å². The molecule has 0 atom stereocenters. The van der Waals surface area contributed by atoms with Crippen molar-refractivity contribution >= 4 is 17.4 Å². The minimum absolute atomic E-state index is 0.149. The average molecular weight is 244 g/mol. The Hall–Kier alpha value is -0.870. The SMILES string of the molecule is CN(CC(C)(C)C)c1ncnc(Cl)c1CO. The Morgan fingerprint density at radius 3 is 2.50 bits per heavy atom. The fourth-order valence-electron chi connectivity index (χ4n) is 1.63. The first-order valence-corrected chi connectivity index (χ1v) is 5.54. The molecular formula is C11H18ClN3O. The Morgan fingerprint density at radius 2 is 2.00 bits per heavy atom. The quantitative estimate of drug-likeness (QED) is 0.827. The van der Waals surface area contributed by atoms with Gasteiger partial charge in [-0.05, 0) is 5.41 Å². The van der Waals surface area contributed by atoms with Crippen LogP contribution in [0.15, 0.2) is 6.33 Å². The minimum atomic E-state index is -0.149. The molecule has 90 valence electrons. The highest BCUT2D eigenvalue weighted by atomic mass is 35.5. The monoisotopic (exact) mass is 243 g/mol. The van der Waals surface area contributed by atoms with Gasteiger partial charge in [-0.3, -0.25) is 0 Å². The Bertz CT molecular complexity index is 363. The maximum Gasteiger partial charge on any atom is 0.140 e. The number of anilines is 1. The van der Waals surface area contributed by atoms with Crippen molar-refractivity contribution in [3.63, 3.8) is 0 Å². The van der Waals surface area contributed by atoms with E-state index in [1.165, 1.54) is 6.33 Å². The van der Waals surface area contributed by atoms with E-state index in [9.17, 15) is 5.11 Å². The van der Waals surface area contributed by atoms with Gasteiger partial charge in [0.15, 0.2) is 0 Å². The molecule has 0 saturated carbocycles. The zero-order valence-electron chi connectivity index (χ0n) is 10.2. The van der Waals surface area contributed by atoms with E-state index in [4.69, 9.17) is 11.6 Å². The molecule has 1 aromatic rings. The van der Waals surface area contributed by atoms with Crippen LogP contribution in [0.25, 0.3) is 0 Å². The molecule has 0 bridgehead atoms. The Kier molecular flexibility index (Phi) is 4.10. The number of nitrogens with zero attached hydrogens (tertiary/aromatic N) is 3. The third-order valence-electron chi connectivity index (χ3n) is 2.10. The number of hydrogen-bond acceptors (Lipinski definition) is 4. The van der Waals surface area contributed by atoms with E-state index < -0.39 is 0 Å². The van der Waals surface area contributed by atoms with Gasteiger partial charge in [0.2, 0.25) is 0 Å². The maximum atomic E-state index is 9.26. The smallest absolute Gasteiger partial charge is 0.140 e. The summed E-state index contributed by atoms with van der Waals surface area (Å²) in [6.07, 6.45) is 1.41. The first-order chi connectivity index (χ1) is 7.35. The van der Waals surface area contributed by atoms with Crippen molar-refractivity contribution in [1.82, 2.24) is 9.97 Å². The molecule has 1 heterocycles. The van der Waals surface area contributed by atoms with Crippen molar-refractivity contribution in [2.24, 2.45) is 5.41 Å². The molecule has 4 nitrogen and oxygen atoms in total. The van der Waals surface area contributed by atoms with Gasteiger partial charge in [-0.25, -0.2) is 9.97 Å². The zero-order valence-corrected chi connectivity index (χ0v) is 10.9. The van der Waals surface area contributed by atoms with Crippen LogP contribution >= 0.6 is 11.6 Å². The molecule has 16 heavy (non-hydrogen) atoms. The third-order valence-corrected chi connectivity index (χ3v) is 2.43. The van der Waals surface area contributed by atoms with Crippen LogP contribution in [0, 0.1) is 5.41 Å². The van der Waals surface area contributed by atoms with Gasteiger partial charge in [0.1, 0.15) is 17.3 Å². The molecule has 1 rings (SSSR count). The largest absolute Gasteiger partial charge is 0.391 e. The van der Waals surface area contributed by atoms with E-state index in [0.29, 0.717) is 16.5 Å². The van der Waals surface area contributed by atoms with Gasteiger partial charge in [0.25, 0.3) is 0 Å². The lowest BCUT2D eigenvalue weighted by molar-refractivity contribution is 0.281. The van der Waals surface area contributed by atoms with E-state index in [0.717, 1.165) is 6.54 Å². The predicted octanol–water partition coefficient (Wildman–Crippen LogP) is 2.10. The lowest BCUT2D eigenvalue weighted by atomic mass is 9.96. The predicted molar refractivity (Wildman–Crippen MR) is 65.7 cm³/mol. The second-order valence-corrected chi connectivity index (χ2v) is 5.40. The lowest BCUT2D eigenvalue weighted by Gasteiger charge is -2.28. The molecule has 0 fully saturated rings. The third kappa shape index (κ3) is 3.32. The van der Waals surface area contributed by atoms with Crippen LogP contribution in [0.3, 0.4) is 0 Å². The molecule has 5 heteroatoms. The van der Waals surface area contributed by atoms with Gasteiger partial charge in [-0.1, -0.05) is 32.4 Å². The van der Waals surface area contributed by atoms with Crippen LogP contribution in [-0.2, 0) is 6.61 Å². The van der Waals surface area contributed by atoms with Crippen LogP contribution in [0.2, 0.25) is 5.15 Å². The summed E-state index contributed by atoms with van der Waals surface area (Å²) in [6.45, 7) is 7.11. The molecule has 0 saturated heterocycles. The van der Waals surface area contributed by atoms with Crippen molar-refractivity contribution in [2.45, 2.75) is 27.4 Å². The molecule has 0 aromatic carbocycles. The van der Waals surface area contributed by atoms with E-state index >= 15 is 0 Å². The first-order valence-electron chi connectivity index (χ1n) is 5.16. The summed E-state index contributed by atoms with van der Waals surface area (Å²) in [6, 6.07) is 0. The Balaban J connectivity index is 2.99. The summed E-state index contributed by atoms with van der Waals surface area (Å²) in [7, 11) is 1.93. The summed E-state index contributed by atoms with van der Waals surface area (Å²) in [5.74, 6) is 0.692. The van der Waals surface area contributed by atoms with Gasteiger partial charge < -0.3 is 10.0 Å². The molecule has 0 aliphatic rings. The highest BCUT2D eigenvalue weighted by Crippen LogP contribution is 2.25. The average Bonchev–Trinajstić information content (AvgIpc) is 2.14. The molecule has 1 N–H and O–H groups in total. The molecule has 1 aromatic heterocycles. The zero-order chi connectivity index (χ0) is 12.3. The summed E-state index contributed by atoms with van der Waals surface area (Å²) in [4.78, 5) is 10.0. The number of aliphatic hydroxyl groups excluding tert-OH is 1. The molecule has 0 unspecified atom stereocenters. The van der Waals surface area contributed by atoms with Crippen LogP contribution in [0.5, 0.6) is 0 Å². The Morgan fingerprint density at radius 1 is 1.38 bits per heavy atom. The summed E-state index contributed by atoms with van der Waals surface area (Å²) >= 11 is 5.91. The number of aromatic nitrogens is 2. The number of hydrogen-bond donors (Lipinski definition) is 1. The van der Waals surface area contributed by atoms with Crippen molar-refractivity contribution in [2.75, 3.05) is 18.5 Å². The number of aliphatic hydroxyl groups is 1. The normalized spacial score (nSPS) is 11.6. The molecule has 0 aliphatic heterocycles. The van der Waals surface area contributed by atoms with Crippen molar-refractivity contribution in [3.05, 3.63) is 17.0 Å². The van der Waals surface area contributed by atoms with Crippen LogP contribution in [0.1, 0.15) is 26.3 Å². The van der Waals surface area contributed by atoms with Gasteiger partial charge >= 0.3 is 0 Å². The van der Waals surface area contributed by atoms with Crippen LogP contribution < -0.4 is 4.90 Å². The highest BCUT2D eigenvalue weighted by molar-refractivity contribution is 6.30. The summed E-state index contributed by atoms with van der Waals surface area (Å²) < 4.78 is 0. The van der Waals surface area contributed by atoms with Gasteiger partial charge in [0.05, 0.1) is 12.2 Å². The summed E-state index contributed by atoms with van der Waals surface area (Å²) in [5, 5.41) is 9.57. The van der Waals surface area contributed by atoms with Crippen molar-refractivity contribution < 1.29 is 5.11 Å². The van der Waals surface area contributed by atoms with Crippen molar-refractivity contribution in [1.29, 1.82) is 0 Å². The van der Waals surface area contributed by atoms with Gasteiger partial charge in [0, 0.05) is 13.6 Å². The highest BCUT2D eigenvalue weighted by Gasteiger charge is 2.18. The fourth-order valence-corrected chi connectivity index (χ4v) is 1.82. The molecule has 0 spiro atoms. The number of rotatable bonds is 3. The molecule has 0 radical (unpaired) electrons. The Labute approximate surface area is 101 Å². The van der Waals surface area contributed by atoms with E-state index in [1.807, 2.05) is 11.9 Å². The van der Waals surface area contributed by atoms with E-state index in [2.05, 4.69) is 30.7 Å². The molecule has 0 aliphatic carbocycles. The van der Waals surface area contributed by atoms with E-state index in [1.54, 1.807) is 0 Å². The summed E-state index contributed by atoms with van der Waals surface area (Å²) in [5.41, 5.74) is 0.731. The first kappa shape index (κ1) is 13.2. The number of halogens is 1.